The van der Waals surface area contributed by atoms with Crippen molar-refractivity contribution in [3.05, 3.63) is 102 Å². The van der Waals surface area contributed by atoms with Gasteiger partial charge in [0.25, 0.3) is 5.91 Å². The monoisotopic (exact) mass is 388 g/mol. The van der Waals surface area contributed by atoms with E-state index in [1.54, 1.807) is 31.4 Å². The van der Waals surface area contributed by atoms with Crippen LogP contribution in [0.25, 0.3) is 0 Å². The molecule has 0 bridgehead atoms. The number of benzene rings is 3. The van der Waals surface area contributed by atoms with Gasteiger partial charge in [0.15, 0.2) is 0 Å². The fourth-order valence-electron chi connectivity index (χ4n) is 3.04. The van der Waals surface area contributed by atoms with Gasteiger partial charge in [0.2, 0.25) is 5.91 Å². The second-order valence-electron chi connectivity index (χ2n) is 6.61. The summed E-state index contributed by atoms with van der Waals surface area (Å²) < 4.78 is 5.34. The predicted molar refractivity (Wildman–Crippen MR) is 113 cm³/mol. The molecule has 3 rings (SSSR count). The van der Waals surface area contributed by atoms with Gasteiger partial charge in [-0.2, -0.15) is 0 Å². The molecule has 0 unspecified atom stereocenters. The molecule has 0 spiro atoms. The average molecular weight is 388 g/mol. The van der Waals surface area contributed by atoms with Gasteiger partial charge in [0.05, 0.1) is 7.11 Å². The third-order valence-corrected chi connectivity index (χ3v) is 4.59. The number of nitrogens with one attached hydrogen (secondary N) is 2. The van der Waals surface area contributed by atoms with Crippen LogP contribution in [0.3, 0.4) is 0 Å². The van der Waals surface area contributed by atoms with Crippen LogP contribution in [0.5, 0.6) is 5.75 Å². The summed E-state index contributed by atoms with van der Waals surface area (Å²) in [6.07, 6.45) is 0.400. The van der Waals surface area contributed by atoms with E-state index in [2.05, 4.69) is 10.6 Å². The Morgan fingerprint density at radius 2 is 1.48 bits per heavy atom. The minimum Gasteiger partial charge on any atom is -0.496 e. The molecule has 5 heteroatoms. The van der Waals surface area contributed by atoms with Gasteiger partial charge < -0.3 is 15.4 Å². The van der Waals surface area contributed by atoms with Gasteiger partial charge in [0, 0.05) is 24.1 Å². The molecule has 0 fully saturated rings. The molecule has 3 aromatic rings. The Hall–Kier alpha value is -3.60. The molecule has 0 aromatic heterocycles. The number of amides is 2. The molecule has 3 aromatic carbocycles. The van der Waals surface area contributed by atoms with Crippen molar-refractivity contribution in [3.8, 4) is 5.75 Å². The number of ether oxygens (including phenoxy) is 1. The normalized spacial score (nSPS) is 11.3. The van der Waals surface area contributed by atoms with Crippen molar-refractivity contribution in [1.29, 1.82) is 0 Å². The number of carbonyl (C=O) groups is 2. The summed E-state index contributed by atoms with van der Waals surface area (Å²) >= 11 is 0. The lowest BCUT2D eigenvalue weighted by molar-refractivity contribution is -0.123. The highest BCUT2D eigenvalue weighted by Gasteiger charge is 2.22. The van der Waals surface area contributed by atoms with E-state index < -0.39 is 6.04 Å². The van der Waals surface area contributed by atoms with Crippen molar-refractivity contribution in [2.45, 2.75) is 19.0 Å². The third-order valence-electron chi connectivity index (χ3n) is 4.59. The van der Waals surface area contributed by atoms with E-state index in [0.29, 0.717) is 24.3 Å². The van der Waals surface area contributed by atoms with Gasteiger partial charge in [0.1, 0.15) is 11.8 Å². The SMILES string of the molecule is COc1ccccc1CNC(=O)[C@@H](Cc1ccccc1)NC(=O)c1ccccc1. The molecule has 0 saturated heterocycles. The number of methoxy groups -OCH3 is 1. The maximum Gasteiger partial charge on any atom is 0.251 e. The first-order valence-electron chi connectivity index (χ1n) is 9.47. The number of para-hydroxylation sites is 1. The zero-order valence-corrected chi connectivity index (χ0v) is 16.3. The first-order chi connectivity index (χ1) is 14.2. The summed E-state index contributed by atoms with van der Waals surface area (Å²) in [6.45, 7) is 0.315. The van der Waals surface area contributed by atoms with Crippen LogP contribution in [0.2, 0.25) is 0 Å². The summed E-state index contributed by atoms with van der Waals surface area (Å²) in [7, 11) is 1.60. The number of carbonyl (C=O) groups excluding carboxylic acids is 2. The van der Waals surface area contributed by atoms with Crippen LogP contribution in [0, 0.1) is 0 Å². The van der Waals surface area contributed by atoms with E-state index in [9.17, 15) is 9.59 Å². The highest BCUT2D eigenvalue weighted by molar-refractivity contribution is 5.97. The Labute approximate surface area is 170 Å². The lowest BCUT2D eigenvalue weighted by Gasteiger charge is -2.19. The van der Waals surface area contributed by atoms with E-state index in [4.69, 9.17) is 4.74 Å². The van der Waals surface area contributed by atoms with Crippen molar-refractivity contribution in [2.24, 2.45) is 0 Å². The summed E-state index contributed by atoms with van der Waals surface area (Å²) in [5, 5.41) is 5.78. The molecule has 0 saturated carbocycles. The van der Waals surface area contributed by atoms with Crippen molar-refractivity contribution < 1.29 is 14.3 Å². The van der Waals surface area contributed by atoms with E-state index >= 15 is 0 Å². The molecule has 148 valence electrons. The first-order valence-corrected chi connectivity index (χ1v) is 9.47. The van der Waals surface area contributed by atoms with Crippen LogP contribution in [0.1, 0.15) is 21.5 Å². The van der Waals surface area contributed by atoms with E-state index in [1.807, 2.05) is 60.7 Å². The molecule has 1 atom stereocenters. The Bertz CT molecular complexity index is 943. The van der Waals surface area contributed by atoms with Crippen LogP contribution in [0.4, 0.5) is 0 Å². The van der Waals surface area contributed by atoms with Crippen molar-refractivity contribution in [3.63, 3.8) is 0 Å². The second-order valence-corrected chi connectivity index (χ2v) is 6.61. The molecular weight excluding hydrogens is 364 g/mol. The minimum absolute atomic E-state index is 0.246. The molecular formula is C24H24N2O3. The maximum atomic E-state index is 12.9. The molecule has 0 aliphatic carbocycles. The summed E-state index contributed by atoms with van der Waals surface area (Å²) in [4.78, 5) is 25.5. The Balaban J connectivity index is 1.72. The molecule has 2 amide bonds. The van der Waals surface area contributed by atoms with E-state index in [1.165, 1.54) is 0 Å². The maximum absolute atomic E-state index is 12.9. The van der Waals surface area contributed by atoms with Gasteiger partial charge in [-0.15, -0.1) is 0 Å². The standard InChI is InChI=1S/C24H24N2O3/c1-29-22-15-9-8-14-20(22)17-25-24(28)21(16-18-10-4-2-5-11-18)26-23(27)19-12-6-3-7-13-19/h2-15,21H,16-17H2,1H3,(H,25,28)(H,26,27)/t21-/m1/s1. The number of hydrogen-bond donors (Lipinski definition) is 2. The van der Waals surface area contributed by atoms with Crippen LogP contribution >= 0.6 is 0 Å². The fourth-order valence-corrected chi connectivity index (χ4v) is 3.04. The van der Waals surface area contributed by atoms with Gasteiger partial charge in [-0.3, -0.25) is 9.59 Å². The first kappa shape index (κ1) is 20.1. The zero-order chi connectivity index (χ0) is 20.5. The van der Waals surface area contributed by atoms with Gasteiger partial charge in [-0.1, -0.05) is 66.7 Å². The predicted octanol–water partition coefficient (Wildman–Crippen LogP) is 3.35. The Morgan fingerprint density at radius 1 is 0.862 bits per heavy atom. The van der Waals surface area contributed by atoms with Crippen LogP contribution in [0.15, 0.2) is 84.9 Å². The largest absolute Gasteiger partial charge is 0.496 e. The molecule has 0 aliphatic rings. The summed E-state index contributed by atoms with van der Waals surface area (Å²) in [6, 6.07) is 25.3. The topological polar surface area (TPSA) is 67.4 Å². The average Bonchev–Trinajstić information content (AvgIpc) is 2.78. The lowest BCUT2D eigenvalue weighted by Crippen LogP contribution is -2.47. The number of hydrogen-bond acceptors (Lipinski definition) is 3. The second kappa shape index (κ2) is 10.1. The molecule has 2 N–H and O–H groups in total. The van der Waals surface area contributed by atoms with Gasteiger partial charge in [-0.25, -0.2) is 0 Å². The summed E-state index contributed by atoms with van der Waals surface area (Å²) in [5.41, 5.74) is 2.36. The van der Waals surface area contributed by atoms with Crippen LogP contribution in [-0.2, 0) is 17.8 Å². The van der Waals surface area contributed by atoms with E-state index in [0.717, 1.165) is 11.1 Å². The highest BCUT2D eigenvalue weighted by atomic mass is 16.5. The van der Waals surface area contributed by atoms with Crippen LogP contribution in [-0.4, -0.2) is 25.0 Å². The third kappa shape index (κ3) is 5.69. The van der Waals surface area contributed by atoms with Crippen molar-refractivity contribution in [1.82, 2.24) is 10.6 Å². The highest BCUT2D eigenvalue weighted by Crippen LogP contribution is 2.17. The zero-order valence-electron chi connectivity index (χ0n) is 16.3. The summed E-state index contributed by atoms with van der Waals surface area (Å²) in [5.74, 6) is 0.184. The van der Waals surface area contributed by atoms with Gasteiger partial charge >= 0.3 is 0 Å². The fraction of sp³-hybridized carbons (Fsp3) is 0.167. The molecule has 5 nitrogen and oxygen atoms in total. The Morgan fingerprint density at radius 3 is 2.17 bits per heavy atom. The van der Waals surface area contributed by atoms with Crippen molar-refractivity contribution >= 4 is 11.8 Å². The van der Waals surface area contributed by atoms with Gasteiger partial charge in [-0.05, 0) is 23.8 Å². The smallest absolute Gasteiger partial charge is 0.251 e. The van der Waals surface area contributed by atoms with Crippen molar-refractivity contribution in [2.75, 3.05) is 7.11 Å². The minimum atomic E-state index is -0.695. The molecule has 0 aliphatic heterocycles. The molecule has 29 heavy (non-hydrogen) atoms. The lowest BCUT2D eigenvalue weighted by atomic mass is 10.0. The molecule has 0 radical (unpaired) electrons. The molecule has 0 heterocycles. The number of rotatable bonds is 8. The quantitative estimate of drug-likeness (QED) is 0.622. The van der Waals surface area contributed by atoms with E-state index in [-0.39, 0.29) is 11.8 Å². The Kier molecular flexibility index (Phi) is 7.00. The van der Waals surface area contributed by atoms with Crippen LogP contribution < -0.4 is 15.4 Å².